The van der Waals surface area contributed by atoms with E-state index in [1.54, 1.807) is 6.92 Å². The number of carbonyl (C=O) groups is 1. The molecule has 0 spiro atoms. The number of carbonyl (C=O) groups excluding carboxylic acids is 1. The quantitative estimate of drug-likeness (QED) is 0.488. The molecule has 11 heavy (non-hydrogen) atoms. The molecule has 1 atom stereocenters. The highest BCUT2D eigenvalue weighted by molar-refractivity contribution is 5.81. The molecule has 0 saturated heterocycles. The normalized spacial score (nSPS) is 13.4. The van der Waals surface area contributed by atoms with Gasteiger partial charge in [-0.05, 0) is 19.4 Å². The van der Waals surface area contributed by atoms with Crippen LogP contribution in [0.5, 0.6) is 0 Å². The molecule has 0 aliphatic rings. The molecule has 0 heterocycles. The number of rotatable bonds is 4. The summed E-state index contributed by atoms with van der Waals surface area (Å²) in [5.74, 6) is -0.403. The molecular weight excluding hydrogens is 144 g/mol. The predicted molar refractivity (Wildman–Crippen MR) is 42.1 cm³/mol. The van der Waals surface area contributed by atoms with E-state index in [1.807, 2.05) is 6.92 Å². The molecule has 0 saturated carbocycles. The van der Waals surface area contributed by atoms with Crippen molar-refractivity contribution < 1.29 is 14.6 Å². The fraction of sp³-hybridized carbons (Fsp3) is 0.625. The van der Waals surface area contributed by atoms with E-state index in [9.17, 15) is 4.79 Å². The van der Waals surface area contributed by atoms with Gasteiger partial charge in [-0.3, -0.25) is 0 Å². The van der Waals surface area contributed by atoms with Gasteiger partial charge in [-0.15, -0.1) is 0 Å². The number of aliphatic hydroxyl groups is 1. The van der Waals surface area contributed by atoms with Crippen molar-refractivity contribution in [2.45, 2.75) is 26.4 Å². The predicted octanol–water partition coefficient (Wildman–Crippen LogP) is 0.877. The monoisotopic (exact) mass is 158 g/mol. The number of hydrogen-bond acceptors (Lipinski definition) is 3. The Morgan fingerprint density at radius 2 is 2.27 bits per heavy atom. The minimum absolute atomic E-state index is 0.366. The van der Waals surface area contributed by atoms with E-state index >= 15 is 0 Å². The highest BCUT2D eigenvalue weighted by atomic mass is 16.5. The van der Waals surface area contributed by atoms with Crippen LogP contribution in [0.1, 0.15) is 20.3 Å². The zero-order valence-electron chi connectivity index (χ0n) is 6.91. The molecule has 1 N–H and O–H groups in total. The van der Waals surface area contributed by atoms with Crippen LogP contribution in [-0.2, 0) is 9.53 Å². The van der Waals surface area contributed by atoms with Crippen molar-refractivity contribution in [3.63, 3.8) is 0 Å². The van der Waals surface area contributed by atoms with E-state index in [0.29, 0.717) is 13.0 Å². The van der Waals surface area contributed by atoms with Crippen LogP contribution in [0, 0.1) is 0 Å². The van der Waals surface area contributed by atoms with Crippen molar-refractivity contribution in [3.05, 3.63) is 12.2 Å². The number of hydrogen-bond donors (Lipinski definition) is 1. The van der Waals surface area contributed by atoms with Crippen LogP contribution in [0.3, 0.4) is 0 Å². The second-order valence-electron chi connectivity index (χ2n) is 2.09. The molecule has 0 fully saturated rings. The maximum absolute atomic E-state index is 10.6. The summed E-state index contributed by atoms with van der Waals surface area (Å²) < 4.78 is 4.60. The van der Waals surface area contributed by atoms with Crippen molar-refractivity contribution in [2.75, 3.05) is 6.61 Å². The minimum Gasteiger partial charge on any atom is -0.463 e. The summed E-state index contributed by atoms with van der Waals surface area (Å²) in [6.45, 7) is 3.94. The molecule has 0 aliphatic carbocycles. The molecule has 1 unspecified atom stereocenters. The van der Waals surface area contributed by atoms with Crippen molar-refractivity contribution in [1.29, 1.82) is 0 Å². The SMILES string of the molecule is CCOC(=O)C=CC(O)CC. The second-order valence-corrected chi connectivity index (χ2v) is 2.09. The Morgan fingerprint density at radius 3 is 2.73 bits per heavy atom. The Morgan fingerprint density at radius 1 is 1.64 bits per heavy atom. The van der Waals surface area contributed by atoms with E-state index < -0.39 is 12.1 Å². The van der Waals surface area contributed by atoms with E-state index in [1.165, 1.54) is 12.2 Å². The Balaban J connectivity index is 3.63. The third-order valence-corrected chi connectivity index (χ3v) is 1.16. The van der Waals surface area contributed by atoms with Crippen LogP contribution >= 0.6 is 0 Å². The van der Waals surface area contributed by atoms with E-state index in [0.717, 1.165) is 0 Å². The van der Waals surface area contributed by atoms with Crippen LogP contribution < -0.4 is 0 Å². The van der Waals surface area contributed by atoms with Gasteiger partial charge in [0.25, 0.3) is 0 Å². The number of aliphatic hydroxyl groups excluding tert-OH is 1. The average molecular weight is 158 g/mol. The minimum atomic E-state index is -0.542. The topological polar surface area (TPSA) is 46.5 Å². The Kier molecular flexibility index (Phi) is 5.47. The first kappa shape index (κ1) is 10.2. The Hall–Kier alpha value is -0.830. The maximum Gasteiger partial charge on any atom is 0.330 e. The fourth-order valence-electron chi connectivity index (χ4n) is 0.516. The molecule has 0 aromatic rings. The van der Waals surface area contributed by atoms with E-state index in [4.69, 9.17) is 5.11 Å². The van der Waals surface area contributed by atoms with Gasteiger partial charge in [0, 0.05) is 6.08 Å². The molecule has 0 aromatic carbocycles. The fourth-order valence-corrected chi connectivity index (χ4v) is 0.516. The van der Waals surface area contributed by atoms with Gasteiger partial charge in [0.1, 0.15) is 0 Å². The second kappa shape index (κ2) is 5.92. The molecule has 0 aliphatic heterocycles. The molecule has 64 valence electrons. The van der Waals surface area contributed by atoms with Crippen LogP contribution in [0.15, 0.2) is 12.2 Å². The smallest absolute Gasteiger partial charge is 0.330 e. The third-order valence-electron chi connectivity index (χ3n) is 1.16. The average Bonchev–Trinajstić information content (AvgIpc) is 2.01. The molecule has 3 heteroatoms. The summed E-state index contributed by atoms with van der Waals surface area (Å²) in [7, 11) is 0. The lowest BCUT2D eigenvalue weighted by atomic mass is 10.2. The summed E-state index contributed by atoms with van der Waals surface area (Å²) in [6, 6.07) is 0. The Labute approximate surface area is 66.7 Å². The Bertz CT molecular complexity index is 140. The van der Waals surface area contributed by atoms with Crippen molar-refractivity contribution in [1.82, 2.24) is 0 Å². The van der Waals surface area contributed by atoms with Crippen molar-refractivity contribution in [2.24, 2.45) is 0 Å². The first-order chi connectivity index (χ1) is 5.20. The number of ether oxygens (including phenoxy) is 1. The summed E-state index contributed by atoms with van der Waals surface area (Å²) >= 11 is 0. The van der Waals surface area contributed by atoms with Gasteiger partial charge in [0.2, 0.25) is 0 Å². The van der Waals surface area contributed by atoms with Gasteiger partial charge in [-0.25, -0.2) is 4.79 Å². The van der Waals surface area contributed by atoms with Gasteiger partial charge in [-0.1, -0.05) is 6.92 Å². The molecule has 0 bridgehead atoms. The van der Waals surface area contributed by atoms with E-state index in [2.05, 4.69) is 4.74 Å². The third kappa shape index (κ3) is 5.61. The number of esters is 1. The molecular formula is C8H14O3. The van der Waals surface area contributed by atoms with Gasteiger partial charge in [0.15, 0.2) is 0 Å². The maximum atomic E-state index is 10.6. The van der Waals surface area contributed by atoms with Gasteiger partial charge < -0.3 is 9.84 Å². The largest absolute Gasteiger partial charge is 0.463 e. The van der Waals surface area contributed by atoms with Crippen LogP contribution in [0.4, 0.5) is 0 Å². The van der Waals surface area contributed by atoms with Gasteiger partial charge in [0.05, 0.1) is 12.7 Å². The van der Waals surface area contributed by atoms with Crippen LogP contribution in [0.25, 0.3) is 0 Å². The molecule has 0 radical (unpaired) electrons. The molecule has 0 aromatic heterocycles. The van der Waals surface area contributed by atoms with Crippen LogP contribution in [0.2, 0.25) is 0 Å². The van der Waals surface area contributed by atoms with E-state index in [-0.39, 0.29) is 0 Å². The van der Waals surface area contributed by atoms with Crippen molar-refractivity contribution in [3.8, 4) is 0 Å². The lowest BCUT2D eigenvalue weighted by molar-refractivity contribution is -0.137. The lowest BCUT2D eigenvalue weighted by Crippen LogP contribution is -2.03. The van der Waals surface area contributed by atoms with Gasteiger partial charge in [-0.2, -0.15) is 0 Å². The molecule has 0 rings (SSSR count). The van der Waals surface area contributed by atoms with Crippen LogP contribution in [-0.4, -0.2) is 23.8 Å². The zero-order valence-corrected chi connectivity index (χ0v) is 6.91. The summed E-state index contributed by atoms with van der Waals surface area (Å²) in [5, 5.41) is 8.98. The lowest BCUT2D eigenvalue weighted by Gasteiger charge is -1.98. The summed E-state index contributed by atoms with van der Waals surface area (Å²) in [6.07, 6.45) is 2.74. The zero-order chi connectivity index (χ0) is 8.69. The molecule has 3 nitrogen and oxygen atoms in total. The van der Waals surface area contributed by atoms with Gasteiger partial charge >= 0.3 is 5.97 Å². The summed E-state index contributed by atoms with van der Waals surface area (Å²) in [5.41, 5.74) is 0. The molecule has 0 amide bonds. The summed E-state index contributed by atoms with van der Waals surface area (Å²) in [4.78, 5) is 10.6. The first-order valence-electron chi connectivity index (χ1n) is 3.73. The highest BCUT2D eigenvalue weighted by Crippen LogP contribution is 1.92. The highest BCUT2D eigenvalue weighted by Gasteiger charge is 1.96. The first-order valence-corrected chi connectivity index (χ1v) is 3.73. The standard InChI is InChI=1S/C8H14O3/c1-3-7(9)5-6-8(10)11-4-2/h5-7,9H,3-4H2,1-2H3. The van der Waals surface area contributed by atoms with Crippen molar-refractivity contribution >= 4 is 5.97 Å².